The predicted octanol–water partition coefficient (Wildman–Crippen LogP) is 2.78. The maximum atomic E-state index is 9.78. The van der Waals surface area contributed by atoms with Gasteiger partial charge in [0.25, 0.3) is 0 Å². The molecule has 98 valence electrons. The number of aliphatic hydroxyl groups is 1. The van der Waals surface area contributed by atoms with E-state index in [4.69, 9.17) is 21.1 Å². The van der Waals surface area contributed by atoms with Crippen LogP contribution in [0.25, 0.3) is 0 Å². The number of ether oxygens (including phenoxy) is 2. The Hall–Kier alpha value is -1.05. The van der Waals surface area contributed by atoms with Crippen LogP contribution < -0.4 is 0 Å². The van der Waals surface area contributed by atoms with Gasteiger partial charge < -0.3 is 14.6 Å². The molecular formula is C14H17ClO3. The topological polar surface area (TPSA) is 38.7 Å². The van der Waals surface area contributed by atoms with Gasteiger partial charge in [-0.15, -0.1) is 0 Å². The van der Waals surface area contributed by atoms with E-state index in [1.807, 2.05) is 6.92 Å². The molecule has 0 bridgehead atoms. The highest BCUT2D eigenvalue weighted by Crippen LogP contribution is 2.15. The number of rotatable bonds is 5. The molecule has 0 heterocycles. The van der Waals surface area contributed by atoms with Crippen molar-refractivity contribution in [3.05, 3.63) is 34.9 Å². The van der Waals surface area contributed by atoms with Crippen molar-refractivity contribution in [2.24, 2.45) is 0 Å². The summed E-state index contributed by atoms with van der Waals surface area (Å²) in [6.07, 6.45) is -1.11. The summed E-state index contributed by atoms with van der Waals surface area (Å²) in [4.78, 5) is 0. The molecule has 0 aliphatic heterocycles. The number of hydrogen-bond acceptors (Lipinski definition) is 3. The summed E-state index contributed by atoms with van der Waals surface area (Å²) in [6, 6.07) is 6.92. The highest BCUT2D eigenvalue weighted by Gasteiger charge is 2.02. The van der Waals surface area contributed by atoms with Crippen LogP contribution in [0.3, 0.4) is 0 Å². The zero-order valence-electron chi connectivity index (χ0n) is 10.5. The predicted molar refractivity (Wildman–Crippen MR) is 71.2 cm³/mol. The summed E-state index contributed by atoms with van der Waals surface area (Å²) in [5.74, 6) is 5.45. The minimum absolute atomic E-state index is 0.228. The lowest BCUT2D eigenvalue weighted by Crippen LogP contribution is -2.12. The van der Waals surface area contributed by atoms with E-state index in [9.17, 15) is 5.11 Å². The fourth-order valence-electron chi connectivity index (χ4n) is 1.31. The van der Waals surface area contributed by atoms with Gasteiger partial charge in [-0.05, 0) is 31.5 Å². The van der Waals surface area contributed by atoms with Crippen molar-refractivity contribution < 1.29 is 14.6 Å². The van der Waals surface area contributed by atoms with Gasteiger partial charge in [-0.3, -0.25) is 0 Å². The van der Waals surface area contributed by atoms with E-state index in [2.05, 4.69) is 11.8 Å². The van der Waals surface area contributed by atoms with E-state index in [0.29, 0.717) is 17.2 Å². The monoisotopic (exact) mass is 268 g/mol. The van der Waals surface area contributed by atoms with Crippen LogP contribution in [0.2, 0.25) is 5.02 Å². The van der Waals surface area contributed by atoms with Gasteiger partial charge in [-0.2, -0.15) is 0 Å². The molecule has 1 aromatic carbocycles. The molecule has 0 aliphatic rings. The molecule has 0 spiro atoms. The molecule has 0 radical (unpaired) electrons. The highest BCUT2D eigenvalue weighted by molar-refractivity contribution is 6.30. The molecule has 0 saturated carbocycles. The molecule has 0 saturated heterocycles. The Morgan fingerprint density at radius 3 is 2.56 bits per heavy atom. The molecule has 2 unspecified atom stereocenters. The Morgan fingerprint density at radius 1 is 1.28 bits per heavy atom. The quantitative estimate of drug-likeness (QED) is 0.659. The SMILES string of the molecule is CCOC(C)OCC#CC(O)c1ccc(Cl)cc1. The van der Waals surface area contributed by atoms with Gasteiger partial charge in [0, 0.05) is 11.6 Å². The largest absolute Gasteiger partial charge is 0.376 e. The molecule has 0 aliphatic carbocycles. The van der Waals surface area contributed by atoms with Crippen LogP contribution in [0.4, 0.5) is 0 Å². The summed E-state index contributed by atoms with van der Waals surface area (Å²) in [6.45, 7) is 4.53. The first kappa shape index (κ1) is 15.0. The van der Waals surface area contributed by atoms with Crippen LogP contribution >= 0.6 is 11.6 Å². The lowest BCUT2D eigenvalue weighted by molar-refractivity contribution is -0.117. The lowest BCUT2D eigenvalue weighted by Gasteiger charge is -2.09. The molecule has 18 heavy (non-hydrogen) atoms. The first-order valence-electron chi connectivity index (χ1n) is 5.78. The first-order valence-corrected chi connectivity index (χ1v) is 6.16. The first-order chi connectivity index (χ1) is 8.63. The Morgan fingerprint density at radius 2 is 1.94 bits per heavy atom. The minimum atomic E-state index is -0.826. The standard InChI is InChI=1S/C14H17ClO3/c1-3-17-11(2)18-10-4-5-14(16)12-6-8-13(15)9-7-12/h6-9,11,14,16H,3,10H2,1-2H3. The lowest BCUT2D eigenvalue weighted by atomic mass is 10.1. The molecular weight excluding hydrogens is 252 g/mol. The number of hydrogen-bond donors (Lipinski definition) is 1. The van der Waals surface area contributed by atoms with E-state index in [0.717, 1.165) is 0 Å². The second-order valence-electron chi connectivity index (χ2n) is 3.61. The van der Waals surface area contributed by atoms with E-state index in [1.165, 1.54) is 0 Å². The van der Waals surface area contributed by atoms with Crippen molar-refractivity contribution in [1.82, 2.24) is 0 Å². The molecule has 4 heteroatoms. The Kier molecular flexibility index (Phi) is 6.77. The molecule has 0 amide bonds. The average Bonchev–Trinajstić information content (AvgIpc) is 2.35. The summed E-state index contributed by atoms with van der Waals surface area (Å²) in [5.41, 5.74) is 0.713. The summed E-state index contributed by atoms with van der Waals surface area (Å²) >= 11 is 5.76. The highest BCUT2D eigenvalue weighted by atomic mass is 35.5. The molecule has 1 N–H and O–H groups in total. The van der Waals surface area contributed by atoms with E-state index < -0.39 is 6.10 Å². The minimum Gasteiger partial charge on any atom is -0.376 e. The summed E-state index contributed by atoms with van der Waals surface area (Å²) in [7, 11) is 0. The third-order valence-corrected chi connectivity index (χ3v) is 2.47. The average molecular weight is 269 g/mol. The van der Waals surface area contributed by atoms with Crippen molar-refractivity contribution >= 4 is 11.6 Å². The summed E-state index contributed by atoms with van der Waals surface area (Å²) in [5, 5.41) is 10.4. The number of benzene rings is 1. The third-order valence-electron chi connectivity index (χ3n) is 2.22. The zero-order valence-corrected chi connectivity index (χ0v) is 11.3. The Balaban J connectivity index is 2.40. The van der Waals surface area contributed by atoms with Crippen molar-refractivity contribution in [3.63, 3.8) is 0 Å². The van der Waals surface area contributed by atoms with Crippen molar-refractivity contribution in [2.45, 2.75) is 26.2 Å². The Labute approximate surface area is 113 Å². The second-order valence-corrected chi connectivity index (χ2v) is 4.05. The van der Waals surface area contributed by atoms with Crippen LogP contribution in [-0.2, 0) is 9.47 Å². The molecule has 3 nitrogen and oxygen atoms in total. The van der Waals surface area contributed by atoms with E-state index in [1.54, 1.807) is 31.2 Å². The molecule has 0 fully saturated rings. The third kappa shape index (κ3) is 5.52. The van der Waals surface area contributed by atoms with Crippen LogP contribution in [0, 0.1) is 11.8 Å². The second kappa shape index (κ2) is 8.12. The van der Waals surface area contributed by atoms with Gasteiger partial charge in [-0.25, -0.2) is 0 Å². The van der Waals surface area contributed by atoms with Gasteiger partial charge in [0.15, 0.2) is 6.29 Å². The van der Waals surface area contributed by atoms with Crippen molar-refractivity contribution in [3.8, 4) is 11.8 Å². The van der Waals surface area contributed by atoms with Crippen molar-refractivity contribution in [1.29, 1.82) is 0 Å². The van der Waals surface area contributed by atoms with Crippen LogP contribution in [0.15, 0.2) is 24.3 Å². The van der Waals surface area contributed by atoms with Crippen LogP contribution in [-0.4, -0.2) is 24.6 Å². The maximum absolute atomic E-state index is 9.78. The molecule has 0 aromatic heterocycles. The normalized spacial score (nSPS) is 13.6. The fraction of sp³-hybridized carbons (Fsp3) is 0.429. The Bertz CT molecular complexity index is 405. The van der Waals surface area contributed by atoms with E-state index in [-0.39, 0.29) is 12.9 Å². The van der Waals surface area contributed by atoms with Crippen molar-refractivity contribution in [2.75, 3.05) is 13.2 Å². The van der Waals surface area contributed by atoms with Gasteiger partial charge in [0.05, 0.1) is 0 Å². The summed E-state index contributed by atoms with van der Waals surface area (Å²) < 4.78 is 10.4. The molecule has 1 aromatic rings. The van der Waals surface area contributed by atoms with Gasteiger partial charge in [0.1, 0.15) is 12.7 Å². The fourth-order valence-corrected chi connectivity index (χ4v) is 1.43. The van der Waals surface area contributed by atoms with Crippen LogP contribution in [0.1, 0.15) is 25.5 Å². The van der Waals surface area contributed by atoms with Crippen LogP contribution in [0.5, 0.6) is 0 Å². The van der Waals surface area contributed by atoms with Gasteiger partial charge in [-0.1, -0.05) is 35.6 Å². The van der Waals surface area contributed by atoms with Gasteiger partial charge >= 0.3 is 0 Å². The maximum Gasteiger partial charge on any atom is 0.156 e. The van der Waals surface area contributed by atoms with E-state index >= 15 is 0 Å². The molecule has 2 atom stereocenters. The molecule has 1 rings (SSSR count). The number of aliphatic hydroxyl groups excluding tert-OH is 1. The van der Waals surface area contributed by atoms with Gasteiger partial charge in [0.2, 0.25) is 0 Å². The smallest absolute Gasteiger partial charge is 0.156 e. The zero-order chi connectivity index (χ0) is 13.4. The number of halogens is 1.